The van der Waals surface area contributed by atoms with Crippen LogP contribution >= 0.6 is 0 Å². The van der Waals surface area contributed by atoms with Crippen LogP contribution in [0.5, 0.6) is 0 Å². The van der Waals surface area contributed by atoms with E-state index in [2.05, 4.69) is 6.92 Å². The zero-order chi connectivity index (χ0) is 18.7. The van der Waals surface area contributed by atoms with E-state index in [9.17, 15) is 9.59 Å². The van der Waals surface area contributed by atoms with E-state index in [-0.39, 0.29) is 11.8 Å². The monoisotopic (exact) mass is 357 g/mol. The summed E-state index contributed by atoms with van der Waals surface area (Å²) in [5, 5.41) is 0. The van der Waals surface area contributed by atoms with Crippen LogP contribution in [0, 0.1) is 11.8 Å². The summed E-state index contributed by atoms with van der Waals surface area (Å²) >= 11 is 0. The largest absolute Gasteiger partial charge is 0.378 e. The predicted molar refractivity (Wildman–Crippen MR) is 104 cm³/mol. The highest BCUT2D eigenvalue weighted by Gasteiger charge is 2.31. The Bertz CT molecular complexity index is 625. The molecule has 3 rings (SSSR count). The molecule has 2 aliphatic rings. The highest BCUT2D eigenvalue weighted by molar-refractivity contribution is 5.94. The van der Waals surface area contributed by atoms with E-state index in [1.54, 1.807) is 0 Å². The number of amides is 2. The van der Waals surface area contributed by atoms with Gasteiger partial charge in [-0.3, -0.25) is 9.59 Å². The molecule has 2 fully saturated rings. The fourth-order valence-electron chi connectivity index (χ4n) is 3.90. The van der Waals surface area contributed by atoms with Crippen molar-refractivity contribution < 1.29 is 9.59 Å². The standard InChI is InChI=1S/C21H31N3O2/c1-16-8-12-23(13-9-16)21(26)18-10-14-24(15-11-18)20(25)17-4-6-19(7-5-17)22(2)3/h4-7,16,18H,8-15H2,1-3H3. The number of hydrogen-bond acceptors (Lipinski definition) is 3. The van der Waals surface area contributed by atoms with E-state index in [4.69, 9.17) is 0 Å². The minimum atomic E-state index is 0.0769. The molecule has 0 spiro atoms. The van der Waals surface area contributed by atoms with E-state index in [0.717, 1.165) is 55.9 Å². The summed E-state index contributed by atoms with van der Waals surface area (Å²) in [5.41, 5.74) is 1.81. The maximum atomic E-state index is 12.7. The van der Waals surface area contributed by atoms with Crippen molar-refractivity contribution in [3.05, 3.63) is 29.8 Å². The van der Waals surface area contributed by atoms with Gasteiger partial charge < -0.3 is 14.7 Å². The second-order valence-electron chi connectivity index (χ2n) is 8.02. The minimum Gasteiger partial charge on any atom is -0.378 e. The molecule has 142 valence electrons. The quantitative estimate of drug-likeness (QED) is 0.835. The van der Waals surface area contributed by atoms with Gasteiger partial charge in [-0.25, -0.2) is 0 Å². The maximum Gasteiger partial charge on any atom is 0.253 e. The molecule has 0 N–H and O–H groups in total. The Morgan fingerprint density at radius 3 is 1.96 bits per heavy atom. The molecule has 2 amide bonds. The number of hydrogen-bond donors (Lipinski definition) is 0. The van der Waals surface area contributed by atoms with Crippen LogP contribution in [0.1, 0.15) is 43.0 Å². The Kier molecular flexibility index (Phi) is 5.84. The van der Waals surface area contributed by atoms with Gasteiger partial charge in [0.1, 0.15) is 0 Å². The fraction of sp³-hybridized carbons (Fsp3) is 0.619. The molecule has 0 radical (unpaired) electrons. The van der Waals surface area contributed by atoms with Crippen LogP contribution in [0.4, 0.5) is 5.69 Å². The third-order valence-corrected chi connectivity index (χ3v) is 5.86. The molecule has 2 heterocycles. The highest BCUT2D eigenvalue weighted by atomic mass is 16.2. The summed E-state index contributed by atoms with van der Waals surface area (Å²) in [4.78, 5) is 31.4. The molecule has 0 saturated carbocycles. The van der Waals surface area contributed by atoms with Gasteiger partial charge in [0.25, 0.3) is 5.91 Å². The molecule has 2 aliphatic heterocycles. The molecule has 1 aromatic carbocycles. The molecule has 0 bridgehead atoms. The lowest BCUT2D eigenvalue weighted by molar-refractivity contribution is -0.138. The zero-order valence-electron chi connectivity index (χ0n) is 16.3. The van der Waals surface area contributed by atoms with Crippen LogP contribution < -0.4 is 4.90 Å². The van der Waals surface area contributed by atoms with Gasteiger partial charge in [0, 0.05) is 57.4 Å². The van der Waals surface area contributed by atoms with Crippen molar-refractivity contribution in [1.82, 2.24) is 9.80 Å². The molecule has 0 unspecified atom stereocenters. The van der Waals surface area contributed by atoms with E-state index in [1.807, 2.05) is 53.1 Å². The van der Waals surface area contributed by atoms with Crippen LogP contribution in [0.3, 0.4) is 0 Å². The number of rotatable bonds is 3. The first-order chi connectivity index (χ1) is 12.5. The van der Waals surface area contributed by atoms with Crippen LogP contribution in [0.2, 0.25) is 0 Å². The lowest BCUT2D eigenvalue weighted by atomic mass is 9.92. The third-order valence-electron chi connectivity index (χ3n) is 5.86. The van der Waals surface area contributed by atoms with Gasteiger partial charge in [-0.05, 0) is 55.9 Å². The number of nitrogens with zero attached hydrogens (tertiary/aromatic N) is 3. The van der Waals surface area contributed by atoms with Gasteiger partial charge in [-0.2, -0.15) is 0 Å². The molecule has 0 aromatic heterocycles. The highest BCUT2D eigenvalue weighted by Crippen LogP contribution is 2.24. The number of benzene rings is 1. The number of piperidine rings is 2. The topological polar surface area (TPSA) is 43.9 Å². The average Bonchev–Trinajstić information content (AvgIpc) is 2.67. The van der Waals surface area contributed by atoms with Crippen molar-refractivity contribution in [2.24, 2.45) is 11.8 Å². The summed E-state index contributed by atoms with van der Waals surface area (Å²) in [7, 11) is 3.98. The summed E-state index contributed by atoms with van der Waals surface area (Å²) in [6.07, 6.45) is 3.80. The summed E-state index contributed by atoms with van der Waals surface area (Å²) in [6, 6.07) is 7.73. The van der Waals surface area contributed by atoms with Crippen molar-refractivity contribution in [2.45, 2.75) is 32.6 Å². The zero-order valence-corrected chi connectivity index (χ0v) is 16.3. The molecular weight excluding hydrogens is 326 g/mol. The molecule has 2 saturated heterocycles. The lowest BCUT2D eigenvalue weighted by Crippen LogP contribution is -2.46. The molecule has 26 heavy (non-hydrogen) atoms. The molecule has 5 heteroatoms. The second-order valence-corrected chi connectivity index (χ2v) is 8.02. The van der Waals surface area contributed by atoms with E-state index in [0.29, 0.717) is 19.0 Å². The normalized spacial score (nSPS) is 19.5. The Balaban J connectivity index is 1.53. The number of carbonyl (C=O) groups excluding carboxylic acids is 2. The van der Waals surface area contributed by atoms with Crippen molar-refractivity contribution in [2.75, 3.05) is 45.2 Å². The Morgan fingerprint density at radius 2 is 1.42 bits per heavy atom. The van der Waals surface area contributed by atoms with Crippen LogP contribution in [0.25, 0.3) is 0 Å². The van der Waals surface area contributed by atoms with Crippen molar-refractivity contribution in [1.29, 1.82) is 0 Å². The molecule has 5 nitrogen and oxygen atoms in total. The summed E-state index contributed by atoms with van der Waals surface area (Å²) in [5.74, 6) is 1.20. The Labute approximate surface area is 156 Å². The first-order valence-electron chi connectivity index (χ1n) is 9.81. The molecule has 0 atom stereocenters. The van der Waals surface area contributed by atoms with Crippen molar-refractivity contribution >= 4 is 17.5 Å². The van der Waals surface area contributed by atoms with E-state index in [1.165, 1.54) is 0 Å². The van der Waals surface area contributed by atoms with E-state index < -0.39 is 0 Å². The van der Waals surface area contributed by atoms with Gasteiger partial charge in [-0.15, -0.1) is 0 Å². The van der Waals surface area contributed by atoms with Crippen molar-refractivity contribution in [3.63, 3.8) is 0 Å². The van der Waals surface area contributed by atoms with E-state index >= 15 is 0 Å². The van der Waals surface area contributed by atoms with Crippen molar-refractivity contribution in [3.8, 4) is 0 Å². The molecule has 1 aromatic rings. The van der Waals surface area contributed by atoms with Crippen LogP contribution in [0.15, 0.2) is 24.3 Å². The molecule has 0 aliphatic carbocycles. The average molecular weight is 357 g/mol. The maximum absolute atomic E-state index is 12.7. The summed E-state index contributed by atoms with van der Waals surface area (Å²) in [6.45, 7) is 5.41. The van der Waals surface area contributed by atoms with Gasteiger partial charge >= 0.3 is 0 Å². The second kappa shape index (κ2) is 8.11. The Hall–Kier alpha value is -2.04. The van der Waals surface area contributed by atoms with Gasteiger partial charge in [0.05, 0.1) is 0 Å². The van der Waals surface area contributed by atoms with Gasteiger partial charge in [-0.1, -0.05) is 6.92 Å². The van der Waals surface area contributed by atoms with Gasteiger partial charge in [0.15, 0.2) is 0 Å². The summed E-state index contributed by atoms with van der Waals surface area (Å²) < 4.78 is 0. The van der Waals surface area contributed by atoms with Gasteiger partial charge in [0.2, 0.25) is 5.91 Å². The van der Waals surface area contributed by atoms with Crippen LogP contribution in [-0.4, -0.2) is 61.9 Å². The fourth-order valence-corrected chi connectivity index (χ4v) is 3.90. The first-order valence-corrected chi connectivity index (χ1v) is 9.81. The predicted octanol–water partition coefficient (Wildman–Crippen LogP) is 2.86. The SMILES string of the molecule is CC1CCN(C(=O)C2CCN(C(=O)c3ccc(N(C)C)cc3)CC2)CC1. The minimum absolute atomic E-state index is 0.0769. The smallest absolute Gasteiger partial charge is 0.253 e. The Morgan fingerprint density at radius 1 is 0.885 bits per heavy atom. The lowest BCUT2D eigenvalue weighted by Gasteiger charge is -2.36. The molecular formula is C21H31N3O2. The number of likely N-dealkylation sites (tertiary alicyclic amines) is 2. The van der Waals surface area contributed by atoms with Crippen LogP contribution in [-0.2, 0) is 4.79 Å². The number of anilines is 1. The number of carbonyl (C=O) groups is 2. The first kappa shape index (κ1) is 18.7. The third kappa shape index (κ3) is 4.19.